The summed E-state index contributed by atoms with van der Waals surface area (Å²) in [6.45, 7) is 0.732. The van der Waals surface area contributed by atoms with Crippen LogP contribution >= 0.6 is 15.9 Å². The van der Waals surface area contributed by atoms with E-state index in [2.05, 4.69) is 25.6 Å². The second-order valence-corrected chi connectivity index (χ2v) is 4.10. The van der Waals surface area contributed by atoms with E-state index in [0.29, 0.717) is 11.7 Å². The van der Waals surface area contributed by atoms with Crippen molar-refractivity contribution in [2.45, 2.75) is 18.9 Å². The van der Waals surface area contributed by atoms with Crippen molar-refractivity contribution in [2.24, 2.45) is 0 Å². The van der Waals surface area contributed by atoms with Crippen LogP contribution in [0.1, 0.15) is 23.3 Å². The third-order valence-electron chi connectivity index (χ3n) is 2.23. The van der Waals surface area contributed by atoms with E-state index in [9.17, 15) is 4.79 Å². The van der Waals surface area contributed by atoms with E-state index in [1.165, 1.54) is 6.26 Å². The fourth-order valence-corrected chi connectivity index (χ4v) is 1.78. The Hall–Kier alpha value is -0.840. The molecule has 1 fully saturated rings. The molecule has 0 spiro atoms. The maximum absolute atomic E-state index is 11.9. The van der Waals surface area contributed by atoms with Gasteiger partial charge in [0.1, 0.15) is 6.26 Å². The lowest BCUT2D eigenvalue weighted by molar-refractivity contribution is 0.0744. The second kappa shape index (κ2) is 4.13. The maximum atomic E-state index is 11.9. The van der Waals surface area contributed by atoms with Gasteiger partial charge in [0.05, 0.1) is 0 Å². The molecular weight excluding hydrogens is 248 g/mol. The van der Waals surface area contributed by atoms with Crippen molar-refractivity contribution in [1.29, 1.82) is 0 Å². The number of nitrogens with zero attached hydrogens (tertiary/aromatic N) is 2. The fourth-order valence-electron chi connectivity index (χ4n) is 1.40. The molecule has 0 saturated heterocycles. The predicted octanol–water partition coefficient (Wildman–Crippen LogP) is 1.67. The molecule has 0 bridgehead atoms. The Morgan fingerprint density at radius 3 is 3.00 bits per heavy atom. The van der Waals surface area contributed by atoms with E-state index < -0.39 is 0 Å². The molecule has 0 aliphatic heterocycles. The van der Waals surface area contributed by atoms with Crippen molar-refractivity contribution in [3.05, 3.63) is 18.0 Å². The van der Waals surface area contributed by atoms with Gasteiger partial charge in [0.2, 0.25) is 0 Å². The standard InChI is InChI=1S/C9H11BrN2O2/c10-4-5-12(7-1-2-7)9(13)8-3-6-14-11-8/h3,6-7H,1-2,4-5H2. The van der Waals surface area contributed by atoms with E-state index in [-0.39, 0.29) is 5.91 Å². The van der Waals surface area contributed by atoms with Gasteiger partial charge in [0.15, 0.2) is 5.69 Å². The molecule has 0 N–H and O–H groups in total. The molecule has 4 nitrogen and oxygen atoms in total. The number of carbonyl (C=O) groups excluding carboxylic acids is 1. The lowest BCUT2D eigenvalue weighted by Gasteiger charge is -2.19. The Bertz CT molecular complexity index is 309. The van der Waals surface area contributed by atoms with Crippen LogP contribution in [-0.4, -0.2) is 33.9 Å². The minimum absolute atomic E-state index is 0.0271. The van der Waals surface area contributed by atoms with Crippen LogP contribution in [0.3, 0.4) is 0 Å². The zero-order chi connectivity index (χ0) is 9.97. The second-order valence-electron chi connectivity index (χ2n) is 3.30. The summed E-state index contributed by atoms with van der Waals surface area (Å²) in [6, 6.07) is 2.02. The minimum atomic E-state index is -0.0271. The highest BCUT2D eigenvalue weighted by Crippen LogP contribution is 2.27. The van der Waals surface area contributed by atoms with Crippen molar-refractivity contribution < 1.29 is 9.32 Å². The largest absolute Gasteiger partial charge is 0.364 e. The van der Waals surface area contributed by atoms with Crippen LogP contribution < -0.4 is 0 Å². The Kier molecular flexibility index (Phi) is 2.86. The molecule has 0 unspecified atom stereocenters. The summed E-state index contributed by atoms with van der Waals surface area (Å²) in [5, 5.41) is 4.45. The molecule has 1 saturated carbocycles. The number of hydrogen-bond acceptors (Lipinski definition) is 3. The third kappa shape index (κ3) is 1.97. The SMILES string of the molecule is O=C(c1ccon1)N(CCBr)C1CC1. The molecule has 0 atom stereocenters. The highest BCUT2D eigenvalue weighted by molar-refractivity contribution is 9.09. The lowest BCUT2D eigenvalue weighted by Crippen LogP contribution is -2.34. The Labute approximate surface area is 90.4 Å². The van der Waals surface area contributed by atoms with Gasteiger partial charge in [-0.25, -0.2) is 0 Å². The smallest absolute Gasteiger partial charge is 0.276 e. The van der Waals surface area contributed by atoms with Crippen LogP contribution in [-0.2, 0) is 0 Å². The molecule has 1 aliphatic carbocycles. The molecule has 5 heteroatoms. The first-order chi connectivity index (χ1) is 6.83. The van der Waals surface area contributed by atoms with Gasteiger partial charge in [0.25, 0.3) is 5.91 Å². The normalized spacial score (nSPS) is 15.5. The first-order valence-electron chi connectivity index (χ1n) is 4.60. The summed E-state index contributed by atoms with van der Waals surface area (Å²) in [5.74, 6) is -0.0271. The van der Waals surface area contributed by atoms with Gasteiger partial charge in [-0.3, -0.25) is 4.79 Å². The Morgan fingerprint density at radius 1 is 1.71 bits per heavy atom. The van der Waals surface area contributed by atoms with Crippen molar-refractivity contribution in [3.8, 4) is 0 Å². The van der Waals surface area contributed by atoms with Crippen molar-refractivity contribution in [2.75, 3.05) is 11.9 Å². The predicted molar refractivity (Wildman–Crippen MR) is 54.4 cm³/mol. The molecule has 1 amide bonds. The molecule has 1 heterocycles. The first kappa shape index (κ1) is 9.71. The molecule has 0 radical (unpaired) electrons. The monoisotopic (exact) mass is 258 g/mol. The van der Waals surface area contributed by atoms with E-state index in [4.69, 9.17) is 0 Å². The summed E-state index contributed by atoms with van der Waals surface area (Å²) in [7, 11) is 0. The van der Waals surface area contributed by atoms with Gasteiger partial charge in [-0.2, -0.15) is 0 Å². The number of alkyl halides is 1. The number of rotatable bonds is 4. The summed E-state index contributed by atoms with van der Waals surface area (Å²) in [6.07, 6.45) is 3.64. The van der Waals surface area contributed by atoms with E-state index in [1.54, 1.807) is 6.07 Å². The van der Waals surface area contributed by atoms with Gasteiger partial charge in [-0.1, -0.05) is 21.1 Å². The summed E-state index contributed by atoms with van der Waals surface area (Å²) in [4.78, 5) is 13.7. The quantitative estimate of drug-likeness (QED) is 0.773. The molecule has 2 rings (SSSR count). The number of hydrogen-bond donors (Lipinski definition) is 0. The average molecular weight is 259 g/mol. The molecule has 14 heavy (non-hydrogen) atoms. The molecular formula is C9H11BrN2O2. The van der Waals surface area contributed by atoms with Gasteiger partial charge in [-0.15, -0.1) is 0 Å². The Balaban J connectivity index is 2.07. The van der Waals surface area contributed by atoms with Crippen molar-refractivity contribution in [1.82, 2.24) is 10.1 Å². The van der Waals surface area contributed by atoms with Gasteiger partial charge in [-0.05, 0) is 12.8 Å². The van der Waals surface area contributed by atoms with Gasteiger partial charge < -0.3 is 9.42 Å². The van der Waals surface area contributed by atoms with Gasteiger partial charge >= 0.3 is 0 Å². The zero-order valence-electron chi connectivity index (χ0n) is 7.65. The molecule has 0 aromatic carbocycles. The van der Waals surface area contributed by atoms with Crippen LogP contribution in [0.2, 0.25) is 0 Å². The highest BCUT2D eigenvalue weighted by Gasteiger charge is 2.33. The fraction of sp³-hybridized carbons (Fsp3) is 0.556. The molecule has 76 valence electrons. The van der Waals surface area contributed by atoms with E-state index in [1.807, 2.05) is 4.90 Å². The maximum Gasteiger partial charge on any atom is 0.276 e. The molecule has 1 aliphatic rings. The Morgan fingerprint density at radius 2 is 2.50 bits per heavy atom. The van der Waals surface area contributed by atoms with Crippen LogP contribution in [0.4, 0.5) is 0 Å². The van der Waals surface area contributed by atoms with Gasteiger partial charge in [0, 0.05) is 24.0 Å². The van der Waals surface area contributed by atoms with Crippen LogP contribution in [0.5, 0.6) is 0 Å². The first-order valence-corrected chi connectivity index (χ1v) is 5.72. The van der Waals surface area contributed by atoms with Crippen molar-refractivity contribution in [3.63, 3.8) is 0 Å². The number of carbonyl (C=O) groups is 1. The summed E-state index contributed by atoms with van der Waals surface area (Å²) >= 11 is 3.34. The minimum Gasteiger partial charge on any atom is -0.364 e. The molecule has 1 aromatic heterocycles. The van der Waals surface area contributed by atoms with Crippen molar-refractivity contribution >= 4 is 21.8 Å². The summed E-state index contributed by atoms with van der Waals surface area (Å²) < 4.78 is 4.65. The molecule has 1 aromatic rings. The lowest BCUT2D eigenvalue weighted by atomic mass is 10.3. The number of aromatic nitrogens is 1. The zero-order valence-corrected chi connectivity index (χ0v) is 9.24. The van der Waals surface area contributed by atoms with Crippen LogP contribution in [0, 0.1) is 0 Å². The highest BCUT2D eigenvalue weighted by atomic mass is 79.9. The van der Waals surface area contributed by atoms with E-state index >= 15 is 0 Å². The van der Waals surface area contributed by atoms with Crippen LogP contribution in [0.25, 0.3) is 0 Å². The average Bonchev–Trinajstić information content (AvgIpc) is 2.88. The number of amides is 1. The summed E-state index contributed by atoms with van der Waals surface area (Å²) in [5.41, 5.74) is 0.401. The van der Waals surface area contributed by atoms with E-state index in [0.717, 1.165) is 24.7 Å². The van der Waals surface area contributed by atoms with Crippen LogP contribution in [0.15, 0.2) is 16.9 Å². The number of halogens is 1. The topological polar surface area (TPSA) is 46.3 Å². The third-order valence-corrected chi connectivity index (χ3v) is 2.59.